The molecule has 2 aliphatic rings. The van der Waals surface area contributed by atoms with Crippen LogP contribution in [0.4, 0.5) is 19.3 Å². The Kier molecular flexibility index (Phi) is 5.60. The second-order valence-corrected chi connectivity index (χ2v) is 7.24. The lowest BCUT2D eigenvalue weighted by atomic mass is 9.98. The Hall–Kier alpha value is -2.77. The van der Waals surface area contributed by atoms with Crippen molar-refractivity contribution < 1.29 is 23.4 Å². The highest BCUT2D eigenvalue weighted by Crippen LogP contribution is 2.34. The van der Waals surface area contributed by atoms with Crippen molar-refractivity contribution in [2.45, 2.75) is 25.1 Å². The summed E-state index contributed by atoms with van der Waals surface area (Å²) < 4.78 is 35.0. The van der Waals surface area contributed by atoms with Gasteiger partial charge in [-0.05, 0) is 24.1 Å². The first-order valence-corrected chi connectivity index (χ1v) is 9.59. The van der Waals surface area contributed by atoms with E-state index < -0.39 is 29.9 Å². The van der Waals surface area contributed by atoms with E-state index in [9.17, 15) is 4.79 Å². The Balaban J connectivity index is 1.62. The summed E-state index contributed by atoms with van der Waals surface area (Å²) in [6, 6.07) is 11.6. The highest BCUT2D eigenvalue weighted by Gasteiger charge is 2.34. The van der Waals surface area contributed by atoms with Gasteiger partial charge in [0.15, 0.2) is 0 Å². The van der Waals surface area contributed by atoms with E-state index in [0.29, 0.717) is 13.1 Å². The summed E-state index contributed by atoms with van der Waals surface area (Å²) >= 11 is 0. The maximum absolute atomic E-state index is 15.0. The van der Waals surface area contributed by atoms with E-state index in [0.717, 1.165) is 29.0 Å². The normalized spacial score (nSPS) is 22.2. The molecule has 0 saturated carbocycles. The van der Waals surface area contributed by atoms with Crippen LogP contribution in [0.3, 0.4) is 0 Å². The number of hydrogen-bond acceptors (Lipinski definition) is 4. The molecule has 1 amide bonds. The Morgan fingerprint density at radius 1 is 1.14 bits per heavy atom. The van der Waals surface area contributed by atoms with Gasteiger partial charge in [-0.1, -0.05) is 42.5 Å². The predicted molar refractivity (Wildman–Crippen MR) is 104 cm³/mol. The van der Waals surface area contributed by atoms with Crippen LogP contribution >= 0.6 is 0 Å². The monoisotopic (exact) mass is 400 g/mol. The molecular weight excluding hydrogens is 378 g/mol. The third-order valence-corrected chi connectivity index (χ3v) is 5.27. The number of anilines is 1. The smallest absolute Gasteiger partial charge is 0.414 e. The molecule has 2 aromatic carbocycles. The molecular formula is C22H22F2N2O3. The van der Waals surface area contributed by atoms with Gasteiger partial charge in [0.1, 0.15) is 17.7 Å². The molecule has 2 aliphatic heterocycles. The molecule has 2 heterocycles. The van der Waals surface area contributed by atoms with Crippen LogP contribution < -0.4 is 4.90 Å². The average molecular weight is 400 g/mol. The summed E-state index contributed by atoms with van der Waals surface area (Å²) in [6.07, 6.45) is 3.14. The van der Waals surface area contributed by atoms with Gasteiger partial charge < -0.3 is 9.84 Å². The molecule has 1 N–H and O–H groups in total. The number of cyclic esters (lactones) is 1. The zero-order valence-corrected chi connectivity index (χ0v) is 15.8. The van der Waals surface area contributed by atoms with Crippen LogP contribution in [-0.4, -0.2) is 41.9 Å². The fourth-order valence-corrected chi connectivity index (χ4v) is 3.84. The molecule has 1 saturated heterocycles. The highest BCUT2D eigenvalue weighted by atomic mass is 19.1. The minimum Gasteiger partial charge on any atom is -0.441 e. The molecule has 4 rings (SSSR count). The summed E-state index contributed by atoms with van der Waals surface area (Å²) in [5.74, 6) is -1.43. The van der Waals surface area contributed by atoms with E-state index in [1.54, 1.807) is 0 Å². The Morgan fingerprint density at radius 3 is 2.52 bits per heavy atom. The first-order chi connectivity index (χ1) is 14.1. The number of nitrogens with zero attached hydrogens (tertiary/aromatic N) is 2. The first kappa shape index (κ1) is 19.5. The molecule has 152 valence electrons. The summed E-state index contributed by atoms with van der Waals surface area (Å²) in [6.45, 7) is 0.976. The number of carbonyl (C=O) groups excluding carboxylic acids is 1. The number of carbonyl (C=O) groups is 1. The fourth-order valence-electron chi connectivity index (χ4n) is 3.84. The van der Waals surface area contributed by atoms with E-state index in [1.165, 1.54) is 0 Å². The molecule has 5 nitrogen and oxygen atoms in total. The number of amides is 1. The average Bonchev–Trinajstić information content (AvgIpc) is 3.10. The number of aliphatic hydroxyl groups is 1. The summed E-state index contributed by atoms with van der Waals surface area (Å²) in [5, 5.41) is 9.16. The minimum atomic E-state index is -0.723. The maximum Gasteiger partial charge on any atom is 0.414 e. The van der Waals surface area contributed by atoms with Crippen molar-refractivity contribution in [1.29, 1.82) is 0 Å². The minimum absolute atomic E-state index is 0.0353. The van der Waals surface area contributed by atoms with E-state index in [-0.39, 0.29) is 24.4 Å². The molecule has 0 aliphatic carbocycles. The number of benzene rings is 2. The Bertz CT molecular complexity index is 897. The Labute approximate surface area is 167 Å². The van der Waals surface area contributed by atoms with Crippen molar-refractivity contribution in [3.63, 3.8) is 0 Å². The van der Waals surface area contributed by atoms with Crippen molar-refractivity contribution >= 4 is 11.8 Å². The van der Waals surface area contributed by atoms with E-state index in [4.69, 9.17) is 9.84 Å². The molecule has 1 unspecified atom stereocenters. The maximum atomic E-state index is 15.0. The van der Waals surface area contributed by atoms with Crippen LogP contribution in [0.5, 0.6) is 0 Å². The molecule has 29 heavy (non-hydrogen) atoms. The van der Waals surface area contributed by atoms with Gasteiger partial charge in [-0.2, -0.15) is 0 Å². The lowest BCUT2D eigenvalue weighted by Crippen LogP contribution is -2.32. The van der Waals surface area contributed by atoms with Gasteiger partial charge in [0.05, 0.1) is 24.9 Å². The van der Waals surface area contributed by atoms with E-state index in [2.05, 4.69) is 0 Å². The molecule has 0 spiro atoms. The quantitative estimate of drug-likeness (QED) is 0.776. The Morgan fingerprint density at radius 2 is 1.86 bits per heavy atom. The summed E-state index contributed by atoms with van der Waals surface area (Å²) in [7, 11) is 0. The second kappa shape index (κ2) is 8.31. The standard InChI is InChI=1S/C22H22F2N2O3/c23-18-10-16(26-13-17(14-27)29-22(26)28)11-19(24)21(18)20-8-4-5-9-25(20)12-15-6-2-1-3-7-15/h1-4,6-8,10-11,17,20,27H,5,9,12-14H2/t17-,20?/m1/s1. The summed E-state index contributed by atoms with van der Waals surface area (Å²) in [4.78, 5) is 15.1. The van der Waals surface area contributed by atoms with Crippen LogP contribution in [-0.2, 0) is 11.3 Å². The van der Waals surface area contributed by atoms with Gasteiger partial charge in [0.25, 0.3) is 0 Å². The molecule has 0 radical (unpaired) electrons. The predicted octanol–water partition coefficient (Wildman–Crippen LogP) is 3.79. The fraction of sp³-hybridized carbons (Fsp3) is 0.318. The third kappa shape index (κ3) is 4.02. The first-order valence-electron chi connectivity index (χ1n) is 9.59. The molecule has 1 fully saturated rings. The van der Waals surface area contributed by atoms with Gasteiger partial charge in [-0.15, -0.1) is 0 Å². The van der Waals surface area contributed by atoms with Gasteiger partial charge in [-0.3, -0.25) is 9.80 Å². The zero-order valence-electron chi connectivity index (χ0n) is 15.8. The van der Waals surface area contributed by atoms with Gasteiger partial charge in [0, 0.05) is 18.7 Å². The number of aliphatic hydroxyl groups excluding tert-OH is 1. The van der Waals surface area contributed by atoms with Crippen LogP contribution in [0.1, 0.15) is 23.6 Å². The molecule has 0 aromatic heterocycles. The lowest BCUT2D eigenvalue weighted by molar-refractivity contribution is 0.0963. The molecule has 7 heteroatoms. The van der Waals surface area contributed by atoms with Gasteiger partial charge in [0.2, 0.25) is 0 Å². The zero-order chi connectivity index (χ0) is 20.4. The van der Waals surface area contributed by atoms with Crippen molar-refractivity contribution in [2.75, 3.05) is 24.6 Å². The SMILES string of the molecule is O=C1O[C@@H](CO)CN1c1cc(F)c(C2C=CCCN2Cc2ccccc2)c(F)c1. The van der Waals surface area contributed by atoms with Crippen molar-refractivity contribution in [3.8, 4) is 0 Å². The largest absolute Gasteiger partial charge is 0.441 e. The van der Waals surface area contributed by atoms with E-state index in [1.807, 2.05) is 47.4 Å². The number of ether oxygens (including phenoxy) is 1. The third-order valence-electron chi connectivity index (χ3n) is 5.27. The lowest BCUT2D eigenvalue weighted by Gasteiger charge is -2.33. The number of halogens is 2. The van der Waals surface area contributed by atoms with Crippen molar-refractivity contribution in [2.24, 2.45) is 0 Å². The molecule has 0 bridgehead atoms. The van der Waals surface area contributed by atoms with Crippen LogP contribution in [0.2, 0.25) is 0 Å². The highest BCUT2D eigenvalue weighted by molar-refractivity contribution is 5.89. The molecule has 2 atom stereocenters. The topological polar surface area (TPSA) is 53.0 Å². The van der Waals surface area contributed by atoms with Gasteiger partial charge in [-0.25, -0.2) is 13.6 Å². The van der Waals surface area contributed by atoms with Crippen molar-refractivity contribution in [1.82, 2.24) is 4.90 Å². The van der Waals surface area contributed by atoms with Gasteiger partial charge >= 0.3 is 6.09 Å². The van der Waals surface area contributed by atoms with Crippen molar-refractivity contribution in [3.05, 3.63) is 77.4 Å². The van der Waals surface area contributed by atoms with E-state index >= 15 is 8.78 Å². The number of hydrogen-bond donors (Lipinski definition) is 1. The van der Waals surface area contributed by atoms with Crippen LogP contribution in [0.25, 0.3) is 0 Å². The summed E-state index contributed by atoms with van der Waals surface area (Å²) in [5.41, 5.74) is 1.12. The number of rotatable bonds is 5. The molecule has 2 aromatic rings. The second-order valence-electron chi connectivity index (χ2n) is 7.24. The van der Waals surface area contributed by atoms with Crippen LogP contribution in [0, 0.1) is 11.6 Å². The van der Waals surface area contributed by atoms with Crippen LogP contribution in [0.15, 0.2) is 54.6 Å².